The maximum absolute atomic E-state index is 5.47. The molecule has 1 heterocycles. The van der Waals surface area contributed by atoms with Crippen molar-refractivity contribution in [1.82, 2.24) is 5.32 Å². The van der Waals surface area contributed by atoms with E-state index in [4.69, 9.17) is 4.74 Å². The highest BCUT2D eigenvalue weighted by molar-refractivity contribution is 5.38. The number of hydrogen-bond donors (Lipinski definition) is 1. The Morgan fingerprint density at radius 2 is 2.06 bits per heavy atom. The van der Waals surface area contributed by atoms with Gasteiger partial charge in [0, 0.05) is 18.5 Å². The first-order chi connectivity index (χ1) is 8.07. The van der Waals surface area contributed by atoms with Gasteiger partial charge in [0.25, 0.3) is 0 Å². The predicted molar refractivity (Wildman–Crippen MR) is 71.6 cm³/mol. The molecule has 1 aromatic carbocycles. The minimum Gasteiger partial charge on any atom is -0.496 e. The first-order valence-electron chi connectivity index (χ1n) is 6.42. The van der Waals surface area contributed by atoms with Gasteiger partial charge in [0.1, 0.15) is 5.75 Å². The van der Waals surface area contributed by atoms with Gasteiger partial charge in [0.2, 0.25) is 0 Å². The Morgan fingerprint density at radius 3 is 2.53 bits per heavy atom. The van der Waals surface area contributed by atoms with Gasteiger partial charge in [-0.15, -0.1) is 0 Å². The van der Waals surface area contributed by atoms with Gasteiger partial charge >= 0.3 is 0 Å². The number of benzene rings is 1. The first-order valence-corrected chi connectivity index (χ1v) is 6.42. The van der Waals surface area contributed by atoms with Crippen LogP contribution in [0.3, 0.4) is 0 Å². The van der Waals surface area contributed by atoms with Crippen LogP contribution in [0.2, 0.25) is 0 Å². The lowest BCUT2D eigenvalue weighted by atomic mass is 9.68. The molecule has 0 spiro atoms. The number of nitrogens with one attached hydrogen (secondary N) is 1. The van der Waals surface area contributed by atoms with Crippen molar-refractivity contribution in [3.05, 3.63) is 29.3 Å². The van der Waals surface area contributed by atoms with Gasteiger partial charge in [0.05, 0.1) is 7.11 Å². The average molecular weight is 233 g/mol. The highest BCUT2D eigenvalue weighted by Crippen LogP contribution is 2.38. The topological polar surface area (TPSA) is 21.3 Å². The molecule has 0 radical (unpaired) electrons. The van der Waals surface area contributed by atoms with E-state index in [1.807, 2.05) is 0 Å². The molecule has 0 atom stereocenters. The van der Waals surface area contributed by atoms with E-state index < -0.39 is 0 Å². The van der Waals surface area contributed by atoms with E-state index in [0.29, 0.717) is 11.3 Å². The van der Waals surface area contributed by atoms with Crippen LogP contribution in [-0.2, 0) is 6.42 Å². The second-order valence-electron chi connectivity index (χ2n) is 5.61. The molecular weight excluding hydrogens is 210 g/mol. The van der Waals surface area contributed by atoms with E-state index in [9.17, 15) is 0 Å². The van der Waals surface area contributed by atoms with Crippen molar-refractivity contribution in [2.75, 3.05) is 20.2 Å². The highest BCUT2D eigenvalue weighted by Gasteiger charge is 2.40. The molecule has 2 heteroatoms. The fourth-order valence-corrected chi connectivity index (χ4v) is 2.61. The normalized spacial score (nSPS) is 17.9. The summed E-state index contributed by atoms with van der Waals surface area (Å²) in [6, 6.07) is 6.47. The van der Waals surface area contributed by atoms with Gasteiger partial charge in [-0.1, -0.05) is 31.5 Å². The lowest BCUT2D eigenvalue weighted by Gasteiger charge is -2.46. The monoisotopic (exact) mass is 233 g/mol. The third-order valence-electron chi connectivity index (χ3n) is 4.16. The van der Waals surface area contributed by atoms with Crippen molar-refractivity contribution in [2.45, 2.75) is 27.2 Å². The molecule has 0 amide bonds. The SMILES string of the molecule is COc1ccc(C)cc1CC1(C(C)C)CNC1. The summed E-state index contributed by atoms with van der Waals surface area (Å²) in [4.78, 5) is 0. The van der Waals surface area contributed by atoms with Crippen molar-refractivity contribution in [3.8, 4) is 5.75 Å². The second-order valence-corrected chi connectivity index (χ2v) is 5.61. The molecule has 94 valence electrons. The molecular formula is C15H23NO. The zero-order chi connectivity index (χ0) is 12.5. The van der Waals surface area contributed by atoms with Gasteiger partial charge < -0.3 is 10.1 Å². The molecule has 0 aliphatic carbocycles. The molecule has 1 N–H and O–H groups in total. The lowest BCUT2D eigenvalue weighted by molar-refractivity contribution is 0.0985. The minimum atomic E-state index is 0.418. The fourth-order valence-electron chi connectivity index (χ4n) is 2.61. The Kier molecular flexibility index (Phi) is 3.43. The summed E-state index contributed by atoms with van der Waals surface area (Å²) in [6.07, 6.45) is 1.11. The highest BCUT2D eigenvalue weighted by atomic mass is 16.5. The van der Waals surface area contributed by atoms with Crippen LogP contribution in [0.1, 0.15) is 25.0 Å². The van der Waals surface area contributed by atoms with E-state index in [2.05, 4.69) is 44.3 Å². The third kappa shape index (κ3) is 2.32. The van der Waals surface area contributed by atoms with E-state index in [-0.39, 0.29) is 0 Å². The Balaban J connectivity index is 2.25. The Bertz CT molecular complexity index is 394. The molecule has 1 aromatic rings. The Hall–Kier alpha value is -1.02. The molecule has 1 saturated heterocycles. The fraction of sp³-hybridized carbons (Fsp3) is 0.600. The predicted octanol–water partition coefficient (Wildman–Crippen LogP) is 2.79. The zero-order valence-corrected chi connectivity index (χ0v) is 11.3. The van der Waals surface area contributed by atoms with Crippen molar-refractivity contribution in [1.29, 1.82) is 0 Å². The van der Waals surface area contributed by atoms with Gasteiger partial charge in [-0.25, -0.2) is 0 Å². The third-order valence-corrected chi connectivity index (χ3v) is 4.16. The van der Waals surface area contributed by atoms with E-state index >= 15 is 0 Å². The quantitative estimate of drug-likeness (QED) is 0.863. The van der Waals surface area contributed by atoms with Crippen LogP contribution in [-0.4, -0.2) is 20.2 Å². The number of aryl methyl sites for hydroxylation is 1. The second kappa shape index (κ2) is 4.69. The smallest absolute Gasteiger partial charge is 0.122 e. The molecule has 1 fully saturated rings. The van der Waals surface area contributed by atoms with Crippen LogP contribution in [0.25, 0.3) is 0 Å². The minimum absolute atomic E-state index is 0.418. The van der Waals surface area contributed by atoms with Crippen molar-refractivity contribution in [2.24, 2.45) is 11.3 Å². The van der Waals surface area contributed by atoms with Gasteiger partial charge in [-0.05, 0) is 30.9 Å². The molecule has 0 unspecified atom stereocenters. The van der Waals surface area contributed by atoms with Crippen LogP contribution >= 0.6 is 0 Å². The molecule has 17 heavy (non-hydrogen) atoms. The number of ether oxygens (including phenoxy) is 1. The van der Waals surface area contributed by atoms with Gasteiger partial charge in [0.15, 0.2) is 0 Å². The summed E-state index contributed by atoms with van der Waals surface area (Å²) in [6.45, 7) is 9.04. The van der Waals surface area contributed by atoms with Crippen molar-refractivity contribution < 1.29 is 4.74 Å². The lowest BCUT2D eigenvalue weighted by Crippen LogP contribution is -2.57. The van der Waals surface area contributed by atoms with Gasteiger partial charge in [-0.3, -0.25) is 0 Å². The number of methoxy groups -OCH3 is 1. The van der Waals surface area contributed by atoms with E-state index in [1.54, 1.807) is 7.11 Å². The van der Waals surface area contributed by atoms with Crippen LogP contribution in [0.15, 0.2) is 18.2 Å². The zero-order valence-electron chi connectivity index (χ0n) is 11.3. The summed E-state index contributed by atoms with van der Waals surface area (Å²) < 4.78 is 5.47. The average Bonchev–Trinajstić information content (AvgIpc) is 2.23. The maximum atomic E-state index is 5.47. The van der Waals surface area contributed by atoms with Crippen LogP contribution in [0.4, 0.5) is 0 Å². The van der Waals surface area contributed by atoms with E-state index in [1.165, 1.54) is 11.1 Å². The van der Waals surface area contributed by atoms with Crippen LogP contribution in [0.5, 0.6) is 5.75 Å². The summed E-state index contributed by atoms with van der Waals surface area (Å²) in [7, 11) is 1.76. The van der Waals surface area contributed by atoms with Crippen molar-refractivity contribution in [3.63, 3.8) is 0 Å². The van der Waals surface area contributed by atoms with Crippen LogP contribution in [0, 0.1) is 18.3 Å². The molecule has 1 aliphatic heterocycles. The molecule has 2 nitrogen and oxygen atoms in total. The summed E-state index contributed by atoms with van der Waals surface area (Å²) >= 11 is 0. The van der Waals surface area contributed by atoms with E-state index in [0.717, 1.165) is 25.3 Å². The van der Waals surface area contributed by atoms with Crippen LogP contribution < -0.4 is 10.1 Å². The molecule has 1 aliphatic rings. The molecule has 0 aromatic heterocycles. The number of rotatable bonds is 4. The summed E-state index contributed by atoms with van der Waals surface area (Å²) in [5.74, 6) is 1.73. The first kappa shape index (κ1) is 12.4. The summed E-state index contributed by atoms with van der Waals surface area (Å²) in [5, 5.41) is 3.41. The van der Waals surface area contributed by atoms with Crippen molar-refractivity contribution >= 4 is 0 Å². The number of hydrogen-bond acceptors (Lipinski definition) is 2. The molecule has 2 rings (SSSR count). The Labute approximate surface area is 104 Å². The Morgan fingerprint density at radius 1 is 1.35 bits per heavy atom. The summed E-state index contributed by atoms with van der Waals surface area (Å²) in [5.41, 5.74) is 3.08. The maximum Gasteiger partial charge on any atom is 0.122 e. The largest absolute Gasteiger partial charge is 0.496 e. The molecule has 0 bridgehead atoms. The van der Waals surface area contributed by atoms with Gasteiger partial charge in [-0.2, -0.15) is 0 Å². The standard InChI is InChI=1S/C15H23NO/c1-11(2)15(9-16-10-15)8-13-7-12(3)5-6-14(13)17-4/h5-7,11,16H,8-10H2,1-4H3. The molecule has 0 saturated carbocycles.